The number of ether oxygens (including phenoxy) is 1. The topological polar surface area (TPSA) is 63.6 Å². The Morgan fingerprint density at radius 2 is 2.17 bits per heavy atom. The first kappa shape index (κ1) is 17.0. The molecule has 2 saturated heterocycles. The van der Waals surface area contributed by atoms with Crippen LogP contribution in [0.15, 0.2) is 18.3 Å². The Kier molecular flexibility index (Phi) is 4.94. The van der Waals surface area contributed by atoms with Gasteiger partial charge in [0.25, 0.3) is 5.91 Å². The van der Waals surface area contributed by atoms with Crippen molar-refractivity contribution in [3.63, 3.8) is 0 Å². The van der Waals surface area contributed by atoms with E-state index in [0.717, 1.165) is 6.54 Å². The number of aryl methyl sites for hydroxylation is 1. The highest BCUT2D eigenvalue weighted by atomic mass is 16.5. The number of hydrogen-bond acceptors (Lipinski definition) is 3. The first-order chi connectivity index (χ1) is 11.5. The molecule has 6 heteroatoms. The van der Waals surface area contributed by atoms with E-state index in [1.54, 1.807) is 0 Å². The number of rotatable bonds is 5. The van der Waals surface area contributed by atoms with Crippen molar-refractivity contribution in [3.05, 3.63) is 24.0 Å². The summed E-state index contributed by atoms with van der Waals surface area (Å²) in [7, 11) is 1.86. The quantitative estimate of drug-likeness (QED) is 0.883. The number of hydrogen-bond donors (Lipinski definition) is 1. The van der Waals surface area contributed by atoms with Gasteiger partial charge in [-0.1, -0.05) is 13.8 Å². The minimum absolute atomic E-state index is 0.0586. The lowest BCUT2D eigenvalue weighted by molar-refractivity contribution is -0.131. The second-order valence-corrected chi connectivity index (χ2v) is 7.41. The Labute approximate surface area is 143 Å². The van der Waals surface area contributed by atoms with Gasteiger partial charge in [-0.2, -0.15) is 0 Å². The van der Waals surface area contributed by atoms with Gasteiger partial charge in [-0.3, -0.25) is 9.59 Å². The predicted molar refractivity (Wildman–Crippen MR) is 90.5 cm³/mol. The van der Waals surface area contributed by atoms with E-state index < -0.39 is 0 Å². The van der Waals surface area contributed by atoms with Crippen LogP contribution < -0.4 is 5.32 Å². The van der Waals surface area contributed by atoms with Crippen molar-refractivity contribution >= 4 is 11.8 Å². The average molecular weight is 333 g/mol. The number of likely N-dealkylation sites (tertiary alicyclic amines) is 1. The molecule has 1 aromatic rings. The smallest absolute Gasteiger partial charge is 0.267 e. The number of nitrogens with one attached hydrogen (secondary N) is 1. The zero-order chi connectivity index (χ0) is 17.3. The second kappa shape index (κ2) is 6.97. The maximum atomic E-state index is 12.3. The minimum atomic E-state index is -0.0586. The van der Waals surface area contributed by atoms with E-state index >= 15 is 0 Å². The van der Waals surface area contributed by atoms with Crippen molar-refractivity contribution in [1.82, 2.24) is 14.8 Å². The summed E-state index contributed by atoms with van der Waals surface area (Å²) in [6, 6.07) is 3.67. The molecule has 3 rings (SSSR count). The van der Waals surface area contributed by atoms with E-state index in [-0.39, 0.29) is 23.8 Å². The molecule has 1 N–H and O–H groups in total. The lowest BCUT2D eigenvalue weighted by atomic mass is 9.93. The number of aromatic nitrogens is 1. The number of nitrogens with zero attached hydrogens (tertiary/aromatic N) is 2. The van der Waals surface area contributed by atoms with Gasteiger partial charge in [0, 0.05) is 51.1 Å². The molecule has 0 bridgehead atoms. The van der Waals surface area contributed by atoms with E-state index in [1.807, 2.05) is 34.8 Å². The van der Waals surface area contributed by atoms with Crippen LogP contribution in [0.1, 0.15) is 30.8 Å². The Morgan fingerprint density at radius 1 is 1.38 bits per heavy atom. The molecule has 2 aliphatic rings. The summed E-state index contributed by atoms with van der Waals surface area (Å²) in [5.74, 6) is 1.14. The largest absolute Gasteiger partial charge is 0.376 e. The molecule has 0 radical (unpaired) electrons. The van der Waals surface area contributed by atoms with E-state index in [2.05, 4.69) is 19.2 Å². The monoisotopic (exact) mass is 333 g/mol. The SMILES string of the molecule is CC(C)CC(=O)N1C[C@@H]2[C@H](CNC(=O)c3cccn3C)CO[C@@H]2C1. The van der Waals surface area contributed by atoms with Gasteiger partial charge in [-0.05, 0) is 18.1 Å². The molecule has 2 aliphatic heterocycles. The standard InChI is InChI=1S/C18H27N3O3/c1-12(2)7-17(22)21-9-14-13(11-24-16(14)10-21)8-19-18(23)15-5-4-6-20(15)3/h4-6,12-14,16H,7-11H2,1-3H3,(H,19,23)/t13-,14-,16-/m1/s1. The van der Waals surface area contributed by atoms with Gasteiger partial charge in [-0.25, -0.2) is 0 Å². The van der Waals surface area contributed by atoms with Crippen molar-refractivity contribution in [2.75, 3.05) is 26.2 Å². The Morgan fingerprint density at radius 3 is 2.83 bits per heavy atom. The molecule has 2 fully saturated rings. The maximum Gasteiger partial charge on any atom is 0.267 e. The van der Waals surface area contributed by atoms with Crippen molar-refractivity contribution in [1.29, 1.82) is 0 Å². The minimum Gasteiger partial charge on any atom is -0.376 e. The third-order valence-corrected chi connectivity index (χ3v) is 5.08. The molecule has 0 saturated carbocycles. The van der Waals surface area contributed by atoms with Crippen LogP contribution >= 0.6 is 0 Å². The molecule has 1 aromatic heterocycles. The second-order valence-electron chi connectivity index (χ2n) is 7.41. The Hall–Kier alpha value is -1.82. The molecule has 3 atom stereocenters. The molecule has 24 heavy (non-hydrogen) atoms. The van der Waals surface area contributed by atoms with Gasteiger partial charge >= 0.3 is 0 Å². The highest BCUT2D eigenvalue weighted by molar-refractivity contribution is 5.92. The first-order valence-corrected chi connectivity index (χ1v) is 8.74. The molecule has 3 heterocycles. The van der Waals surface area contributed by atoms with Crippen LogP contribution in [0, 0.1) is 17.8 Å². The summed E-state index contributed by atoms with van der Waals surface area (Å²) in [6.45, 7) is 6.83. The van der Waals surface area contributed by atoms with Crippen molar-refractivity contribution < 1.29 is 14.3 Å². The summed E-state index contributed by atoms with van der Waals surface area (Å²) in [5, 5.41) is 3.01. The molecule has 0 aromatic carbocycles. The molecule has 2 amide bonds. The van der Waals surface area contributed by atoms with Gasteiger partial charge in [0.15, 0.2) is 0 Å². The third kappa shape index (κ3) is 3.48. The van der Waals surface area contributed by atoms with Gasteiger partial charge < -0.3 is 19.5 Å². The highest BCUT2D eigenvalue weighted by Gasteiger charge is 2.45. The van der Waals surface area contributed by atoms with Crippen LogP contribution in [0.3, 0.4) is 0 Å². The fourth-order valence-corrected chi connectivity index (χ4v) is 3.70. The predicted octanol–water partition coefficient (Wildman–Crippen LogP) is 1.27. The number of carbonyl (C=O) groups is 2. The molecule has 132 valence electrons. The van der Waals surface area contributed by atoms with Crippen molar-refractivity contribution in [2.45, 2.75) is 26.4 Å². The molecular formula is C18H27N3O3. The van der Waals surface area contributed by atoms with E-state index in [4.69, 9.17) is 4.74 Å². The van der Waals surface area contributed by atoms with Gasteiger partial charge in [0.1, 0.15) is 5.69 Å². The molecule has 0 aliphatic carbocycles. The van der Waals surface area contributed by atoms with Crippen molar-refractivity contribution in [3.8, 4) is 0 Å². The number of carbonyl (C=O) groups excluding carboxylic acids is 2. The fraction of sp³-hybridized carbons (Fsp3) is 0.667. The van der Waals surface area contributed by atoms with Crippen LogP contribution in [-0.4, -0.2) is 53.6 Å². The summed E-state index contributed by atoms with van der Waals surface area (Å²) in [5.41, 5.74) is 0.658. The summed E-state index contributed by atoms with van der Waals surface area (Å²) in [4.78, 5) is 26.4. The first-order valence-electron chi connectivity index (χ1n) is 8.74. The van der Waals surface area contributed by atoms with Crippen LogP contribution in [0.2, 0.25) is 0 Å². The lowest BCUT2D eigenvalue weighted by Crippen LogP contribution is -2.36. The molecule has 6 nitrogen and oxygen atoms in total. The van der Waals surface area contributed by atoms with Crippen LogP contribution in [0.25, 0.3) is 0 Å². The van der Waals surface area contributed by atoms with Gasteiger partial charge in [-0.15, -0.1) is 0 Å². The van der Waals surface area contributed by atoms with Crippen LogP contribution in [0.4, 0.5) is 0 Å². The van der Waals surface area contributed by atoms with Crippen LogP contribution in [0.5, 0.6) is 0 Å². The van der Waals surface area contributed by atoms with E-state index in [1.165, 1.54) is 0 Å². The molecular weight excluding hydrogens is 306 g/mol. The summed E-state index contributed by atoms with van der Waals surface area (Å²) < 4.78 is 7.68. The normalized spacial score (nSPS) is 26.0. The lowest BCUT2D eigenvalue weighted by Gasteiger charge is -2.21. The Balaban J connectivity index is 1.52. The maximum absolute atomic E-state index is 12.3. The fourth-order valence-electron chi connectivity index (χ4n) is 3.70. The molecule has 0 spiro atoms. The number of fused-ring (bicyclic) bond motifs is 1. The zero-order valence-electron chi connectivity index (χ0n) is 14.7. The number of amides is 2. The van der Waals surface area contributed by atoms with Crippen molar-refractivity contribution in [2.24, 2.45) is 24.8 Å². The molecule has 0 unspecified atom stereocenters. The zero-order valence-corrected chi connectivity index (χ0v) is 14.7. The highest BCUT2D eigenvalue weighted by Crippen LogP contribution is 2.33. The van der Waals surface area contributed by atoms with E-state index in [9.17, 15) is 9.59 Å². The van der Waals surface area contributed by atoms with E-state index in [0.29, 0.717) is 43.6 Å². The van der Waals surface area contributed by atoms with Gasteiger partial charge in [0.05, 0.1) is 12.7 Å². The summed E-state index contributed by atoms with van der Waals surface area (Å²) in [6.07, 6.45) is 2.57. The van der Waals surface area contributed by atoms with Crippen LogP contribution in [-0.2, 0) is 16.6 Å². The average Bonchev–Trinajstić information content (AvgIpc) is 3.19. The van der Waals surface area contributed by atoms with Gasteiger partial charge in [0.2, 0.25) is 5.91 Å². The third-order valence-electron chi connectivity index (χ3n) is 5.08. The summed E-state index contributed by atoms with van der Waals surface area (Å²) >= 11 is 0. The Bertz CT molecular complexity index is 610.